The lowest BCUT2D eigenvalue weighted by Crippen LogP contribution is -2.08. The molecule has 0 fully saturated rings. The Morgan fingerprint density at radius 2 is 2.22 bits per heavy atom. The number of rotatable bonds is 6. The Morgan fingerprint density at radius 1 is 1.39 bits per heavy atom. The maximum atomic E-state index is 5.72. The van der Waals surface area contributed by atoms with E-state index in [9.17, 15) is 0 Å². The summed E-state index contributed by atoms with van der Waals surface area (Å²) in [7, 11) is 0. The summed E-state index contributed by atoms with van der Waals surface area (Å²) >= 11 is 1.61. The van der Waals surface area contributed by atoms with Gasteiger partial charge >= 0.3 is 0 Å². The third-order valence-corrected chi connectivity index (χ3v) is 3.22. The first kappa shape index (κ1) is 12.9. The molecule has 1 heterocycles. The predicted molar refractivity (Wildman–Crippen MR) is 76.4 cm³/mol. The number of nitrogens with one attached hydrogen (secondary N) is 1. The highest BCUT2D eigenvalue weighted by Crippen LogP contribution is 2.28. The van der Waals surface area contributed by atoms with Gasteiger partial charge in [0, 0.05) is 5.38 Å². The van der Waals surface area contributed by atoms with Gasteiger partial charge in [0.05, 0.1) is 29.5 Å². The number of hydrogen-bond acceptors (Lipinski definition) is 4. The van der Waals surface area contributed by atoms with Crippen molar-refractivity contribution >= 4 is 17.0 Å². The van der Waals surface area contributed by atoms with Crippen molar-refractivity contribution in [3.05, 3.63) is 40.8 Å². The van der Waals surface area contributed by atoms with Crippen LogP contribution in [0.25, 0.3) is 0 Å². The first-order valence-electron chi connectivity index (χ1n) is 6.17. The van der Waals surface area contributed by atoms with Gasteiger partial charge in [0.2, 0.25) is 0 Å². The molecule has 1 aromatic carbocycles. The number of hydrogen-bond donors (Lipinski definition) is 1. The summed E-state index contributed by atoms with van der Waals surface area (Å²) in [5.41, 5.74) is 3.93. The van der Waals surface area contributed by atoms with Crippen LogP contribution in [0.2, 0.25) is 0 Å². The molecule has 0 radical (unpaired) electrons. The number of aromatic nitrogens is 1. The lowest BCUT2D eigenvalue weighted by molar-refractivity contribution is 0.318. The van der Waals surface area contributed by atoms with E-state index in [1.165, 1.54) is 0 Å². The molecule has 2 aromatic rings. The first-order valence-corrected chi connectivity index (χ1v) is 7.12. The zero-order chi connectivity index (χ0) is 12.8. The first-order chi connectivity index (χ1) is 8.81. The van der Waals surface area contributed by atoms with Gasteiger partial charge in [0.1, 0.15) is 5.75 Å². The summed E-state index contributed by atoms with van der Waals surface area (Å²) in [6.07, 6.45) is 1.01. The van der Waals surface area contributed by atoms with E-state index in [-0.39, 0.29) is 6.04 Å². The van der Waals surface area contributed by atoms with Gasteiger partial charge in [-0.2, -0.15) is 0 Å². The largest absolute Gasteiger partial charge is 0.491 e. The summed E-state index contributed by atoms with van der Waals surface area (Å²) in [5, 5.41) is 5.50. The molecule has 2 rings (SSSR count). The summed E-state index contributed by atoms with van der Waals surface area (Å²) in [4.78, 5) is 4.32. The van der Waals surface area contributed by atoms with Gasteiger partial charge in [-0.05, 0) is 25.5 Å². The summed E-state index contributed by atoms with van der Waals surface area (Å²) < 4.78 is 5.72. The van der Waals surface area contributed by atoms with E-state index in [0.717, 1.165) is 30.2 Å². The standard InChI is InChI=1S/C14H18N2OS/c1-3-8-17-14-7-5-4-6-12(14)16-11(2)13-9-18-10-15-13/h4-7,9-11,16H,3,8H2,1-2H3. The molecule has 0 spiro atoms. The predicted octanol–water partition coefficient (Wildman–Crippen LogP) is 4.11. The molecule has 96 valence electrons. The van der Waals surface area contributed by atoms with Crippen LogP contribution in [0.3, 0.4) is 0 Å². The van der Waals surface area contributed by atoms with Crippen LogP contribution < -0.4 is 10.1 Å². The molecule has 0 saturated heterocycles. The van der Waals surface area contributed by atoms with E-state index in [0.29, 0.717) is 0 Å². The molecule has 0 saturated carbocycles. The highest BCUT2D eigenvalue weighted by molar-refractivity contribution is 7.07. The van der Waals surface area contributed by atoms with Crippen LogP contribution in [-0.4, -0.2) is 11.6 Å². The van der Waals surface area contributed by atoms with Crippen molar-refractivity contribution in [2.24, 2.45) is 0 Å². The molecule has 4 heteroatoms. The van der Waals surface area contributed by atoms with E-state index in [2.05, 4.69) is 29.5 Å². The van der Waals surface area contributed by atoms with Gasteiger partial charge in [-0.1, -0.05) is 19.1 Å². The minimum Gasteiger partial charge on any atom is -0.491 e. The highest BCUT2D eigenvalue weighted by Gasteiger charge is 2.10. The third-order valence-electron chi connectivity index (χ3n) is 2.62. The molecule has 1 N–H and O–H groups in total. The Kier molecular flexibility index (Phi) is 4.59. The lowest BCUT2D eigenvalue weighted by atomic mass is 10.2. The zero-order valence-electron chi connectivity index (χ0n) is 10.7. The maximum Gasteiger partial charge on any atom is 0.142 e. The van der Waals surface area contributed by atoms with Crippen LogP contribution in [0.4, 0.5) is 5.69 Å². The number of nitrogens with zero attached hydrogens (tertiary/aromatic N) is 1. The fourth-order valence-electron chi connectivity index (χ4n) is 1.67. The second kappa shape index (κ2) is 6.40. The highest BCUT2D eigenvalue weighted by atomic mass is 32.1. The number of ether oxygens (including phenoxy) is 1. The number of benzene rings is 1. The minimum absolute atomic E-state index is 0.183. The average Bonchev–Trinajstić information content (AvgIpc) is 2.91. The molecule has 3 nitrogen and oxygen atoms in total. The number of anilines is 1. The fraction of sp³-hybridized carbons (Fsp3) is 0.357. The zero-order valence-corrected chi connectivity index (χ0v) is 11.5. The van der Waals surface area contributed by atoms with E-state index < -0.39 is 0 Å². The van der Waals surface area contributed by atoms with Gasteiger partial charge in [0.15, 0.2) is 0 Å². The second-order valence-corrected chi connectivity index (χ2v) is 4.84. The molecule has 1 aromatic heterocycles. The Bertz CT molecular complexity index is 470. The maximum absolute atomic E-state index is 5.72. The monoisotopic (exact) mass is 262 g/mol. The topological polar surface area (TPSA) is 34.1 Å². The Balaban J connectivity index is 2.08. The van der Waals surface area contributed by atoms with Gasteiger partial charge in [-0.25, -0.2) is 4.98 Å². The normalized spacial score (nSPS) is 12.1. The van der Waals surface area contributed by atoms with Gasteiger partial charge in [0.25, 0.3) is 0 Å². The second-order valence-electron chi connectivity index (χ2n) is 4.12. The summed E-state index contributed by atoms with van der Waals surface area (Å²) in [6, 6.07) is 8.21. The van der Waals surface area contributed by atoms with Crippen LogP contribution in [0.15, 0.2) is 35.2 Å². The SMILES string of the molecule is CCCOc1ccccc1NC(C)c1cscn1. The van der Waals surface area contributed by atoms with E-state index >= 15 is 0 Å². The van der Waals surface area contributed by atoms with Crippen LogP contribution >= 0.6 is 11.3 Å². The van der Waals surface area contributed by atoms with Crippen molar-refractivity contribution in [2.45, 2.75) is 26.3 Å². The molecule has 0 bridgehead atoms. The summed E-state index contributed by atoms with van der Waals surface area (Å²) in [6.45, 7) is 4.95. The molecular formula is C14H18N2OS. The minimum atomic E-state index is 0.183. The smallest absolute Gasteiger partial charge is 0.142 e. The Hall–Kier alpha value is -1.55. The Labute approximate surface area is 112 Å². The van der Waals surface area contributed by atoms with Gasteiger partial charge in [-0.3, -0.25) is 0 Å². The molecule has 0 aliphatic carbocycles. The van der Waals surface area contributed by atoms with Crippen molar-refractivity contribution in [1.82, 2.24) is 4.98 Å². The fourth-order valence-corrected chi connectivity index (χ4v) is 2.31. The molecule has 0 aliphatic heterocycles. The van der Waals surface area contributed by atoms with Crippen molar-refractivity contribution in [1.29, 1.82) is 0 Å². The van der Waals surface area contributed by atoms with Gasteiger partial charge in [-0.15, -0.1) is 11.3 Å². The molecule has 0 amide bonds. The Morgan fingerprint density at radius 3 is 2.94 bits per heavy atom. The van der Waals surface area contributed by atoms with E-state index in [1.807, 2.05) is 29.8 Å². The van der Waals surface area contributed by atoms with Crippen molar-refractivity contribution in [2.75, 3.05) is 11.9 Å². The van der Waals surface area contributed by atoms with Crippen LogP contribution in [0.5, 0.6) is 5.75 Å². The molecule has 1 atom stereocenters. The average molecular weight is 262 g/mol. The van der Waals surface area contributed by atoms with Crippen molar-refractivity contribution in [3.8, 4) is 5.75 Å². The lowest BCUT2D eigenvalue weighted by Gasteiger charge is -2.16. The molecule has 0 aliphatic rings. The number of thiazole rings is 1. The van der Waals surface area contributed by atoms with Crippen molar-refractivity contribution in [3.63, 3.8) is 0 Å². The van der Waals surface area contributed by atoms with Crippen LogP contribution in [-0.2, 0) is 0 Å². The van der Waals surface area contributed by atoms with Crippen LogP contribution in [0.1, 0.15) is 32.0 Å². The number of para-hydroxylation sites is 2. The van der Waals surface area contributed by atoms with Crippen LogP contribution in [0, 0.1) is 0 Å². The van der Waals surface area contributed by atoms with E-state index in [1.54, 1.807) is 11.3 Å². The van der Waals surface area contributed by atoms with Gasteiger partial charge < -0.3 is 10.1 Å². The quantitative estimate of drug-likeness (QED) is 0.851. The van der Waals surface area contributed by atoms with Crippen molar-refractivity contribution < 1.29 is 4.74 Å². The third kappa shape index (κ3) is 3.23. The molecular weight excluding hydrogens is 244 g/mol. The van der Waals surface area contributed by atoms with E-state index in [4.69, 9.17) is 4.74 Å². The molecule has 1 unspecified atom stereocenters. The molecule has 18 heavy (non-hydrogen) atoms. The summed E-state index contributed by atoms with van der Waals surface area (Å²) in [5.74, 6) is 0.904.